The highest BCUT2D eigenvalue weighted by Crippen LogP contribution is 2.17. The van der Waals surface area contributed by atoms with Gasteiger partial charge in [-0.15, -0.1) is 0 Å². The molecule has 1 aliphatic rings. The third-order valence-corrected chi connectivity index (χ3v) is 1.71. The lowest BCUT2D eigenvalue weighted by atomic mass is 10.1. The molecule has 0 aromatic carbocycles. The Bertz CT molecular complexity index is 236. The molecule has 5 heteroatoms. The predicted octanol–water partition coefficient (Wildman–Crippen LogP) is 0.283. The smallest absolute Gasteiger partial charge is 0.405 e. The van der Waals surface area contributed by atoms with Crippen molar-refractivity contribution in [3.63, 3.8) is 0 Å². The molecule has 12 heavy (non-hydrogen) atoms. The molecule has 0 unspecified atom stereocenters. The van der Waals surface area contributed by atoms with E-state index in [1.807, 2.05) is 0 Å². The molecular formula is C7H9NO4. The van der Waals surface area contributed by atoms with Gasteiger partial charge in [0.05, 0.1) is 12.0 Å². The average Bonchev–Trinajstić information content (AvgIpc) is 2.34. The zero-order valence-electron chi connectivity index (χ0n) is 6.23. The van der Waals surface area contributed by atoms with Crippen molar-refractivity contribution in [2.45, 2.75) is 12.5 Å². The lowest BCUT2D eigenvalue weighted by Gasteiger charge is -2.07. The highest BCUT2D eigenvalue weighted by molar-refractivity contribution is 5.73. The van der Waals surface area contributed by atoms with Gasteiger partial charge in [0, 0.05) is 0 Å². The first kappa shape index (κ1) is 8.58. The van der Waals surface area contributed by atoms with E-state index < -0.39 is 18.0 Å². The van der Waals surface area contributed by atoms with Gasteiger partial charge in [-0.05, 0) is 6.42 Å². The standard InChI is InChI=1S/C7H9NO4/c9-6(10)4-1-2-5(3-4)8-7(11)12/h1-2,4-5,8H,3H2,(H,9,10)(H,11,12)/t4-,5-/m0/s1. The summed E-state index contributed by atoms with van der Waals surface area (Å²) >= 11 is 0. The molecule has 1 rings (SSSR count). The minimum absolute atomic E-state index is 0.307. The largest absolute Gasteiger partial charge is 0.481 e. The van der Waals surface area contributed by atoms with Crippen LogP contribution in [0.1, 0.15) is 6.42 Å². The fourth-order valence-corrected chi connectivity index (χ4v) is 1.15. The van der Waals surface area contributed by atoms with E-state index >= 15 is 0 Å². The first-order valence-corrected chi connectivity index (χ1v) is 3.50. The quantitative estimate of drug-likeness (QED) is 0.521. The van der Waals surface area contributed by atoms with E-state index in [-0.39, 0.29) is 6.04 Å². The van der Waals surface area contributed by atoms with Crippen LogP contribution in [-0.4, -0.2) is 28.3 Å². The van der Waals surface area contributed by atoms with Crippen LogP contribution in [-0.2, 0) is 4.79 Å². The van der Waals surface area contributed by atoms with Crippen molar-refractivity contribution in [2.24, 2.45) is 5.92 Å². The number of hydrogen-bond donors (Lipinski definition) is 3. The maximum absolute atomic E-state index is 10.4. The topological polar surface area (TPSA) is 86.6 Å². The van der Waals surface area contributed by atoms with Crippen LogP contribution < -0.4 is 5.32 Å². The fraction of sp³-hybridized carbons (Fsp3) is 0.429. The number of carboxylic acids is 1. The van der Waals surface area contributed by atoms with Gasteiger partial charge < -0.3 is 15.5 Å². The molecule has 1 amide bonds. The van der Waals surface area contributed by atoms with E-state index in [0.717, 1.165) is 0 Å². The second-order valence-electron chi connectivity index (χ2n) is 2.62. The molecule has 0 spiro atoms. The molecule has 3 N–H and O–H groups in total. The van der Waals surface area contributed by atoms with Gasteiger partial charge in [0.1, 0.15) is 0 Å². The summed E-state index contributed by atoms with van der Waals surface area (Å²) in [5, 5.41) is 19.0. The molecule has 0 fully saturated rings. The second kappa shape index (κ2) is 3.25. The van der Waals surface area contributed by atoms with Crippen LogP contribution in [0.25, 0.3) is 0 Å². The van der Waals surface area contributed by atoms with Gasteiger partial charge in [-0.3, -0.25) is 4.79 Å². The van der Waals surface area contributed by atoms with Crippen LogP contribution in [0.2, 0.25) is 0 Å². The van der Waals surface area contributed by atoms with Crippen LogP contribution in [0.3, 0.4) is 0 Å². The van der Waals surface area contributed by atoms with Crippen LogP contribution in [0.5, 0.6) is 0 Å². The van der Waals surface area contributed by atoms with Crippen molar-refractivity contribution >= 4 is 12.1 Å². The molecule has 0 bridgehead atoms. The summed E-state index contributed by atoms with van der Waals surface area (Å²) in [6, 6.07) is -0.358. The van der Waals surface area contributed by atoms with Gasteiger partial charge in [0.2, 0.25) is 0 Å². The molecule has 2 atom stereocenters. The minimum Gasteiger partial charge on any atom is -0.481 e. The first-order chi connectivity index (χ1) is 5.59. The summed E-state index contributed by atoms with van der Waals surface area (Å²) in [6.45, 7) is 0. The predicted molar refractivity (Wildman–Crippen MR) is 39.8 cm³/mol. The summed E-state index contributed by atoms with van der Waals surface area (Å²) in [6.07, 6.45) is 2.24. The molecule has 0 aliphatic heterocycles. The van der Waals surface area contributed by atoms with E-state index in [4.69, 9.17) is 10.2 Å². The maximum atomic E-state index is 10.4. The van der Waals surface area contributed by atoms with E-state index in [9.17, 15) is 9.59 Å². The molecule has 5 nitrogen and oxygen atoms in total. The summed E-state index contributed by atoms with van der Waals surface area (Å²) in [4.78, 5) is 20.5. The number of amides is 1. The van der Waals surface area contributed by atoms with Gasteiger partial charge in [0.25, 0.3) is 0 Å². The number of aliphatic carboxylic acids is 1. The van der Waals surface area contributed by atoms with Crippen molar-refractivity contribution < 1.29 is 19.8 Å². The van der Waals surface area contributed by atoms with Crippen LogP contribution in [0.4, 0.5) is 4.79 Å². The molecule has 66 valence electrons. The Kier molecular flexibility index (Phi) is 2.32. The molecule has 0 saturated carbocycles. The number of nitrogens with one attached hydrogen (secondary N) is 1. The normalized spacial score (nSPS) is 27.0. The second-order valence-corrected chi connectivity index (χ2v) is 2.62. The Morgan fingerprint density at radius 2 is 2.00 bits per heavy atom. The Morgan fingerprint density at radius 1 is 1.33 bits per heavy atom. The van der Waals surface area contributed by atoms with Gasteiger partial charge in [-0.2, -0.15) is 0 Å². The SMILES string of the molecule is O=C(O)N[C@H]1C=C[C@H](C(=O)O)C1. The molecule has 0 aromatic heterocycles. The minimum atomic E-state index is -1.13. The average molecular weight is 171 g/mol. The molecule has 1 aliphatic carbocycles. The molecule has 0 radical (unpaired) electrons. The lowest BCUT2D eigenvalue weighted by Crippen LogP contribution is -2.31. The van der Waals surface area contributed by atoms with Crippen LogP contribution in [0, 0.1) is 5.92 Å². The van der Waals surface area contributed by atoms with Gasteiger partial charge >= 0.3 is 12.1 Å². The number of hydrogen-bond acceptors (Lipinski definition) is 2. The van der Waals surface area contributed by atoms with Crippen molar-refractivity contribution in [1.82, 2.24) is 5.32 Å². The summed E-state index contributed by atoms with van der Waals surface area (Å²) in [5.74, 6) is -1.47. The zero-order chi connectivity index (χ0) is 9.14. The summed E-state index contributed by atoms with van der Waals surface area (Å²) < 4.78 is 0. The number of rotatable bonds is 2. The molecule has 0 aromatic rings. The van der Waals surface area contributed by atoms with Crippen molar-refractivity contribution in [2.75, 3.05) is 0 Å². The number of carbonyl (C=O) groups is 2. The maximum Gasteiger partial charge on any atom is 0.405 e. The first-order valence-electron chi connectivity index (χ1n) is 3.50. The number of carboxylic acid groups (broad SMARTS) is 2. The fourth-order valence-electron chi connectivity index (χ4n) is 1.15. The van der Waals surface area contributed by atoms with E-state index in [1.165, 1.54) is 6.08 Å². The van der Waals surface area contributed by atoms with Gasteiger partial charge in [0.15, 0.2) is 0 Å². The summed E-state index contributed by atoms with van der Waals surface area (Å²) in [7, 11) is 0. The van der Waals surface area contributed by atoms with E-state index in [1.54, 1.807) is 6.08 Å². The van der Waals surface area contributed by atoms with Crippen molar-refractivity contribution in [1.29, 1.82) is 0 Å². The highest BCUT2D eigenvalue weighted by Gasteiger charge is 2.24. The van der Waals surface area contributed by atoms with E-state index in [0.29, 0.717) is 6.42 Å². The Balaban J connectivity index is 2.42. The third kappa shape index (κ3) is 1.98. The molecule has 0 heterocycles. The highest BCUT2D eigenvalue weighted by atomic mass is 16.4. The third-order valence-electron chi connectivity index (χ3n) is 1.71. The van der Waals surface area contributed by atoms with Crippen molar-refractivity contribution in [3.8, 4) is 0 Å². The van der Waals surface area contributed by atoms with E-state index in [2.05, 4.69) is 5.32 Å². The van der Waals surface area contributed by atoms with Crippen LogP contribution >= 0.6 is 0 Å². The zero-order valence-corrected chi connectivity index (χ0v) is 6.23. The van der Waals surface area contributed by atoms with Crippen LogP contribution in [0.15, 0.2) is 12.2 Å². The monoisotopic (exact) mass is 171 g/mol. The lowest BCUT2D eigenvalue weighted by molar-refractivity contribution is -0.140. The summed E-state index contributed by atoms with van der Waals surface area (Å²) in [5.41, 5.74) is 0. The Labute approximate surface area is 68.7 Å². The van der Waals surface area contributed by atoms with Crippen molar-refractivity contribution in [3.05, 3.63) is 12.2 Å². The van der Waals surface area contributed by atoms with Gasteiger partial charge in [-0.25, -0.2) is 4.79 Å². The molecular weight excluding hydrogens is 162 g/mol. The Morgan fingerprint density at radius 3 is 2.42 bits per heavy atom. The Hall–Kier alpha value is -1.52. The molecule has 0 saturated heterocycles. The van der Waals surface area contributed by atoms with Gasteiger partial charge in [-0.1, -0.05) is 12.2 Å².